The Balaban J connectivity index is 2.37. The van der Waals surface area contributed by atoms with Gasteiger partial charge >= 0.3 is 7.60 Å². The Morgan fingerprint density at radius 1 is 1.15 bits per heavy atom. The van der Waals surface area contributed by atoms with Gasteiger partial charge < -0.3 is 14.9 Å². The Hall–Kier alpha value is -2.04. The van der Waals surface area contributed by atoms with Crippen molar-refractivity contribution in [3.05, 3.63) is 46.6 Å². The largest absolute Gasteiger partial charge is 0.507 e. The fourth-order valence-electron chi connectivity index (χ4n) is 2.82. The van der Waals surface area contributed by atoms with E-state index >= 15 is 0 Å². The monoisotopic (exact) mass is 392 g/mol. The van der Waals surface area contributed by atoms with Gasteiger partial charge in [0, 0.05) is 6.20 Å². The number of hydrogen-bond donors (Lipinski definition) is 2. The zero-order valence-corrected chi connectivity index (χ0v) is 17.8. The number of benzene rings is 1. The highest BCUT2D eigenvalue weighted by molar-refractivity contribution is 7.55. The molecule has 6 nitrogen and oxygen atoms in total. The van der Waals surface area contributed by atoms with Crippen LogP contribution in [0.4, 0.5) is 5.82 Å². The number of hydrogen-bond acceptors (Lipinski definition) is 6. The number of nitrogens with zero attached hydrogens (tertiary/aromatic N) is 1. The van der Waals surface area contributed by atoms with E-state index in [4.69, 9.17) is 9.05 Å². The maximum atomic E-state index is 13.6. The molecule has 7 heteroatoms. The molecule has 148 valence electrons. The highest BCUT2D eigenvalue weighted by atomic mass is 31.2. The number of rotatable bonds is 8. The predicted octanol–water partition coefficient (Wildman–Crippen LogP) is 5.48. The van der Waals surface area contributed by atoms with Gasteiger partial charge in [-0.05, 0) is 81.5 Å². The van der Waals surface area contributed by atoms with Crippen LogP contribution in [0.25, 0.3) is 0 Å². The number of phenolic OH excluding ortho intramolecular Hbond substituents is 1. The van der Waals surface area contributed by atoms with Crippen LogP contribution in [-0.2, 0) is 9.09 Å². The fraction of sp³-hybridized carbons (Fsp3) is 0.450. The quantitative estimate of drug-likeness (QED) is 0.579. The van der Waals surface area contributed by atoms with Crippen molar-refractivity contribution in [1.82, 2.24) is 4.98 Å². The average Bonchev–Trinajstić information content (AvgIpc) is 2.61. The van der Waals surface area contributed by atoms with Crippen LogP contribution in [-0.4, -0.2) is 22.5 Å². The molecule has 0 aliphatic carbocycles. The first kappa shape index (κ1) is 21.3. The molecular weight excluding hydrogens is 363 g/mol. The third kappa shape index (κ3) is 4.82. The summed E-state index contributed by atoms with van der Waals surface area (Å²) < 4.78 is 25.1. The molecule has 2 atom stereocenters. The van der Waals surface area contributed by atoms with Crippen LogP contribution in [0.2, 0.25) is 0 Å². The standard InChI is InChI=1S/C20H29N2O4P/c1-7-18(22-20-16(6)13(3)9-10-21-20)27(24,25-8-2)26-17-11-14(4)19(23)15(5)12-17/h9-12,18,23H,7-8H2,1-6H3,(H,21,22). The average molecular weight is 392 g/mol. The third-order valence-corrected chi connectivity index (χ3v) is 6.89. The summed E-state index contributed by atoms with van der Waals surface area (Å²) in [7, 11) is -3.54. The van der Waals surface area contributed by atoms with E-state index in [0.717, 1.165) is 11.1 Å². The van der Waals surface area contributed by atoms with Crippen molar-refractivity contribution >= 4 is 13.4 Å². The molecule has 1 aromatic heterocycles. The van der Waals surface area contributed by atoms with Crippen LogP contribution in [0.15, 0.2) is 24.4 Å². The van der Waals surface area contributed by atoms with Gasteiger partial charge in [-0.2, -0.15) is 0 Å². The molecule has 2 aromatic rings. The topological polar surface area (TPSA) is 80.7 Å². The Morgan fingerprint density at radius 3 is 2.33 bits per heavy atom. The Bertz CT molecular complexity index is 831. The number of aromatic nitrogens is 1. The van der Waals surface area contributed by atoms with Crippen molar-refractivity contribution < 1.29 is 18.7 Å². The molecule has 27 heavy (non-hydrogen) atoms. The Morgan fingerprint density at radius 2 is 1.78 bits per heavy atom. The minimum absolute atomic E-state index is 0.207. The van der Waals surface area contributed by atoms with Crippen LogP contribution >= 0.6 is 7.60 Å². The highest BCUT2D eigenvalue weighted by Crippen LogP contribution is 2.54. The second kappa shape index (κ2) is 8.77. The van der Waals surface area contributed by atoms with Crippen LogP contribution in [0, 0.1) is 27.7 Å². The van der Waals surface area contributed by atoms with Gasteiger partial charge in [-0.25, -0.2) is 9.55 Å². The van der Waals surface area contributed by atoms with Gasteiger partial charge in [-0.3, -0.25) is 4.52 Å². The lowest BCUT2D eigenvalue weighted by Gasteiger charge is -2.28. The smallest absolute Gasteiger partial charge is 0.401 e. The summed E-state index contributed by atoms with van der Waals surface area (Å²) in [6, 6.07) is 5.26. The number of aryl methyl sites for hydroxylation is 3. The van der Waals surface area contributed by atoms with Gasteiger partial charge in [-0.1, -0.05) is 6.92 Å². The summed E-state index contributed by atoms with van der Waals surface area (Å²) >= 11 is 0. The summed E-state index contributed by atoms with van der Waals surface area (Å²) in [4.78, 5) is 4.37. The molecule has 0 saturated carbocycles. The fourth-order valence-corrected chi connectivity index (χ4v) is 4.66. The van der Waals surface area contributed by atoms with Gasteiger partial charge in [0.1, 0.15) is 23.1 Å². The molecule has 0 radical (unpaired) electrons. The van der Waals surface area contributed by atoms with Crippen molar-refractivity contribution in [1.29, 1.82) is 0 Å². The predicted molar refractivity (Wildman–Crippen MR) is 109 cm³/mol. The molecule has 2 rings (SSSR count). The summed E-state index contributed by atoms with van der Waals surface area (Å²) in [6.45, 7) is 11.5. The van der Waals surface area contributed by atoms with E-state index < -0.39 is 13.4 Å². The van der Waals surface area contributed by atoms with Crippen molar-refractivity contribution in [2.24, 2.45) is 0 Å². The summed E-state index contributed by atoms with van der Waals surface area (Å²) in [5.74, 6) is 0.732. The summed E-state index contributed by atoms with van der Waals surface area (Å²) in [5.41, 5.74) is 3.41. The molecule has 0 aliphatic heterocycles. The first-order valence-electron chi connectivity index (χ1n) is 9.14. The molecule has 0 aliphatic rings. The van der Waals surface area contributed by atoms with E-state index in [0.29, 0.717) is 29.1 Å². The number of aromatic hydroxyl groups is 1. The van der Waals surface area contributed by atoms with Crippen molar-refractivity contribution in [3.8, 4) is 11.5 Å². The molecule has 0 fully saturated rings. The normalized spacial score (nSPS) is 14.4. The number of anilines is 1. The van der Waals surface area contributed by atoms with Crippen molar-refractivity contribution in [2.45, 2.75) is 53.7 Å². The molecular formula is C20H29N2O4P. The van der Waals surface area contributed by atoms with E-state index in [1.54, 1.807) is 39.1 Å². The number of pyridine rings is 1. The second-order valence-corrected chi connectivity index (χ2v) is 8.77. The molecule has 0 spiro atoms. The van der Waals surface area contributed by atoms with Gasteiger partial charge in [-0.15, -0.1) is 0 Å². The zero-order chi connectivity index (χ0) is 20.2. The first-order chi connectivity index (χ1) is 12.7. The van der Waals surface area contributed by atoms with E-state index in [9.17, 15) is 9.67 Å². The van der Waals surface area contributed by atoms with Gasteiger partial charge in [0.2, 0.25) is 0 Å². The highest BCUT2D eigenvalue weighted by Gasteiger charge is 2.37. The zero-order valence-electron chi connectivity index (χ0n) is 16.9. The first-order valence-corrected chi connectivity index (χ1v) is 10.8. The molecule has 1 heterocycles. The molecule has 0 bridgehead atoms. The molecule has 2 N–H and O–H groups in total. The molecule has 2 unspecified atom stereocenters. The lowest BCUT2D eigenvalue weighted by atomic mass is 10.1. The Labute approximate surface area is 161 Å². The van der Waals surface area contributed by atoms with E-state index in [-0.39, 0.29) is 12.4 Å². The summed E-state index contributed by atoms with van der Waals surface area (Å²) in [5, 5.41) is 13.2. The maximum absolute atomic E-state index is 13.6. The molecule has 0 amide bonds. The Kier molecular flexibility index (Phi) is 6.90. The van der Waals surface area contributed by atoms with Crippen LogP contribution in [0.1, 0.15) is 42.5 Å². The van der Waals surface area contributed by atoms with Crippen molar-refractivity contribution in [3.63, 3.8) is 0 Å². The molecule has 1 aromatic carbocycles. The van der Waals surface area contributed by atoms with E-state index in [2.05, 4.69) is 10.3 Å². The maximum Gasteiger partial charge on any atom is 0.401 e. The summed E-state index contributed by atoms with van der Waals surface area (Å²) in [6.07, 6.45) is 2.25. The van der Waals surface area contributed by atoms with Crippen LogP contribution in [0.5, 0.6) is 11.5 Å². The SMILES string of the molecule is CCOP(=O)(Oc1cc(C)c(O)c(C)c1)C(CC)Nc1nccc(C)c1C. The lowest BCUT2D eigenvalue weighted by molar-refractivity contribution is 0.271. The van der Waals surface area contributed by atoms with E-state index in [1.165, 1.54) is 0 Å². The lowest BCUT2D eigenvalue weighted by Crippen LogP contribution is -2.24. The van der Waals surface area contributed by atoms with Gasteiger partial charge in [0.05, 0.1) is 6.61 Å². The minimum atomic E-state index is -3.54. The molecule has 0 saturated heterocycles. The third-order valence-electron chi connectivity index (χ3n) is 4.55. The number of phenols is 1. The van der Waals surface area contributed by atoms with Crippen LogP contribution < -0.4 is 9.84 Å². The van der Waals surface area contributed by atoms with Gasteiger partial charge in [0.15, 0.2) is 0 Å². The second-order valence-electron chi connectivity index (χ2n) is 6.62. The van der Waals surface area contributed by atoms with Gasteiger partial charge in [0.25, 0.3) is 0 Å². The minimum Gasteiger partial charge on any atom is -0.507 e. The van der Waals surface area contributed by atoms with Crippen molar-refractivity contribution in [2.75, 3.05) is 11.9 Å². The van der Waals surface area contributed by atoms with Crippen LogP contribution in [0.3, 0.4) is 0 Å². The number of nitrogens with one attached hydrogen (secondary N) is 1. The van der Waals surface area contributed by atoms with E-state index in [1.807, 2.05) is 26.8 Å².